The molecule has 1 unspecified atom stereocenters. The number of nitriles is 1. The van der Waals surface area contributed by atoms with Crippen molar-refractivity contribution >= 4 is 36.9 Å². The summed E-state index contributed by atoms with van der Waals surface area (Å²) >= 11 is 0. The minimum atomic E-state index is -4.51. The maximum Gasteiger partial charge on any atom is 0.459 e. The van der Waals surface area contributed by atoms with Crippen molar-refractivity contribution in [2.24, 2.45) is 11.8 Å². The van der Waals surface area contributed by atoms with Crippen molar-refractivity contribution in [3.63, 3.8) is 0 Å². The lowest BCUT2D eigenvalue weighted by molar-refractivity contribution is -0.173. The smallest absolute Gasteiger partial charge is 0.459 e. The molecule has 1 aromatic carbocycles. The number of carbonyl (C=O) groups excluding carboxylic acids is 3. The number of rotatable bonds is 14. The number of ether oxygens (including phenoxy) is 4. The van der Waals surface area contributed by atoms with Crippen LogP contribution < -0.4 is 15.3 Å². The number of esters is 3. The van der Waals surface area contributed by atoms with E-state index in [0.29, 0.717) is 16.9 Å². The first-order valence-electron chi connectivity index (χ1n) is 16.0. The van der Waals surface area contributed by atoms with Crippen LogP contribution in [0.1, 0.15) is 59.3 Å². The molecule has 1 saturated heterocycles. The molecule has 2 aromatic heterocycles. The average molecular weight is 698 g/mol. The van der Waals surface area contributed by atoms with Gasteiger partial charge in [0.05, 0.1) is 28.7 Å². The third-order valence-electron chi connectivity index (χ3n) is 7.86. The van der Waals surface area contributed by atoms with Crippen LogP contribution in [0.4, 0.5) is 5.69 Å². The largest absolute Gasteiger partial charge is 0.461 e. The fraction of sp³-hybridized carbons (Fsp3) is 0.485. The molecular formula is C33H40N5O10P. The first-order chi connectivity index (χ1) is 23.3. The molecule has 3 N–H and O–H groups in total. The van der Waals surface area contributed by atoms with E-state index in [-0.39, 0.29) is 11.9 Å². The topological polar surface area (TPSA) is 203 Å². The van der Waals surface area contributed by atoms with Crippen molar-refractivity contribution < 1.29 is 46.9 Å². The Morgan fingerprint density at radius 1 is 1.02 bits per heavy atom. The molecule has 0 amide bonds. The second-order valence-electron chi connectivity index (χ2n) is 12.6. The molecule has 262 valence electrons. The van der Waals surface area contributed by atoms with Crippen LogP contribution in [0.5, 0.6) is 5.75 Å². The van der Waals surface area contributed by atoms with Crippen molar-refractivity contribution in [1.82, 2.24) is 14.7 Å². The fourth-order valence-corrected chi connectivity index (χ4v) is 6.50. The number of aromatic nitrogens is 2. The zero-order valence-corrected chi connectivity index (χ0v) is 28.7. The predicted molar refractivity (Wildman–Crippen MR) is 174 cm³/mol. The number of nitrogens with two attached hydrogens (primary N) is 1. The van der Waals surface area contributed by atoms with Gasteiger partial charge in [-0.3, -0.25) is 18.9 Å². The Kier molecular flexibility index (Phi) is 10.6. The Morgan fingerprint density at radius 3 is 2.33 bits per heavy atom. The second-order valence-corrected chi connectivity index (χ2v) is 14.3. The van der Waals surface area contributed by atoms with Crippen LogP contribution in [0.15, 0.2) is 54.7 Å². The summed E-state index contributed by atoms with van der Waals surface area (Å²) in [5.74, 6) is -3.18. The van der Waals surface area contributed by atoms with E-state index < -0.39 is 74.1 Å². The van der Waals surface area contributed by atoms with Gasteiger partial charge in [-0.2, -0.15) is 15.4 Å². The molecule has 2 fully saturated rings. The van der Waals surface area contributed by atoms with Gasteiger partial charge in [0, 0.05) is 6.20 Å². The van der Waals surface area contributed by atoms with Crippen LogP contribution in [0.25, 0.3) is 5.52 Å². The molecule has 1 saturated carbocycles. The Labute approximate surface area is 283 Å². The SMILES string of the molecule is CC(C)C(=O)O[C@H]1[C@H](c2ccc3c(N)ccnn23)O[C@](C#N)(COP(=O)(N[C@@H](C)C(=O)OC2CC2)Oc2ccccc2)[C@H]1OC(=O)C(C)C. The van der Waals surface area contributed by atoms with E-state index in [2.05, 4.69) is 10.2 Å². The van der Waals surface area contributed by atoms with Gasteiger partial charge < -0.3 is 29.2 Å². The second kappa shape index (κ2) is 14.6. The van der Waals surface area contributed by atoms with Crippen LogP contribution in [0.2, 0.25) is 0 Å². The number of hydrogen-bond acceptors (Lipinski definition) is 13. The van der Waals surface area contributed by atoms with Gasteiger partial charge in [-0.15, -0.1) is 0 Å². The third-order valence-corrected chi connectivity index (χ3v) is 9.48. The Bertz CT molecular complexity index is 1770. The monoisotopic (exact) mass is 697 g/mol. The summed E-state index contributed by atoms with van der Waals surface area (Å²) in [5.41, 5.74) is 5.17. The molecule has 0 bridgehead atoms. The maximum absolute atomic E-state index is 14.4. The van der Waals surface area contributed by atoms with E-state index >= 15 is 0 Å². The molecule has 1 aliphatic carbocycles. The first-order valence-corrected chi connectivity index (χ1v) is 17.5. The van der Waals surface area contributed by atoms with E-state index in [0.717, 1.165) is 12.8 Å². The number of anilines is 1. The van der Waals surface area contributed by atoms with Crippen LogP contribution in [-0.2, 0) is 42.4 Å². The van der Waals surface area contributed by atoms with Crippen LogP contribution in [-0.4, -0.2) is 64.1 Å². The molecule has 0 radical (unpaired) electrons. The van der Waals surface area contributed by atoms with Crippen molar-refractivity contribution in [1.29, 1.82) is 5.26 Å². The summed E-state index contributed by atoms with van der Waals surface area (Å²) in [5, 5.41) is 17.7. The summed E-state index contributed by atoms with van der Waals surface area (Å²) in [6.45, 7) is 7.04. The standard InChI is InChI=1S/C33H40N5O10P/c1-19(2)30(39)45-28-27(26-14-13-25-24(35)15-16-36-38(25)26)47-33(17-34,29(28)46-31(40)20(3)4)18-43-49(42,48-23-9-7-6-8-10-23)37-21(5)32(41)44-22-11-12-22/h6-10,13-16,19-22,27-29H,11-12,18,35H2,1-5H3,(H,37,42)/t21-,27-,28-,29-,33+,49?/m0/s1. The third kappa shape index (κ3) is 8.05. The zero-order valence-electron chi connectivity index (χ0n) is 27.8. The Hall–Kier alpha value is -4.48. The lowest BCUT2D eigenvalue weighted by atomic mass is 9.95. The first kappa shape index (κ1) is 35.8. The van der Waals surface area contributed by atoms with Crippen molar-refractivity contribution in [3.05, 3.63) is 60.4 Å². The fourth-order valence-electron chi connectivity index (χ4n) is 4.98. The number of carbonyl (C=O) groups is 3. The maximum atomic E-state index is 14.4. The van der Waals surface area contributed by atoms with E-state index in [1.165, 1.54) is 29.8 Å². The van der Waals surface area contributed by atoms with Gasteiger partial charge in [0.25, 0.3) is 0 Å². The molecule has 0 spiro atoms. The lowest BCUT2D eigenvalue weighted by Crippen LogP contribution is -2.50. The molecule has 15 nitrogen and oxygen atoms in total. The average Bonchev–Trinajstić information content (AvgIpc) is 3.69. The van der Waals surface area contributed by atoms with Crippen LogP contribution in [0.3, 0.4) is 0 Å². The molecular weight excluding hydrogens is 657 g/mol. The van der Waals surface area contributed by atoms with Gasteiger partial charge in [-0.05, 0) is 50.1 Å². The predicted octanol–water partition coefficient (Wildman–Crippen LogP) is 4.27. The molecule has 2 aliphatic rings. The van der Waals surface area contributed by atoms with E-state index in [1.54, 1.807) is 64.1 Å². The van der Waals surface area contributed by atoms with E-state index in [4.69, 9.17) is 33.7 Å². The summed E-state index contributed by atoms with van der Waals surface area (Å²) in [4.78, 5) is 38.9. The number of fused-ring (bicyclic) bond motifs is 1. The molecule has 5 rings (SSSR count). The minimum Gasteiger partial charge on any atom is -0.461 e. The van der Waals surface area contributed by atoms with Crippen molar-refractivity contribution in [2.45, 2.75) is 83.5 Å². The van der Waals surface area contributed by atoms with Gasteiger partial charge in [0.2, 0.25) is 5.60 Å². The summed E-state index contributed by atoms with van der Waals surface area (Å²) < 4.78 is 51.0. The number of hydrogen-bond donors (Lipinski definition) is 2. The highest BCUT2D eigenvalue weighted by molar-refractivity contribution is 7.52. The number of benzene rings is 1. The minimum absolute atomic E-state index is 0.132. The van der Waals surface area contributed by atoms with Crippen molar-refractivity contribution in [2.75, 3.05) is 12.3 Å². The highest BCUT2D eigenvalue weighted by Gasteiger charge is 2.62. The van der Waals surface area contributed by atoms with Crippen LogP contribution in [0, 0.1) is 23.2 Å². The van der Waals surface area contributed by atoms with E-state index in [1.807, 2.05) is 6.07 Å². The van der Waals surface area contributed by atoms with Gasteiger partial charge in [0.1, 0.15) is 36.7 Å². The number of nitrogen functional groups attached to an aromatic ring is 1. The molecule has 6 atom stereocenters. The Morgan fingerprint density at radius 2 is 1.69 bits per heavy atom. The zero-order chi connectivity index (χ0) is 35.5. The summed E-state index contributed by atoms with van der Waals surface area (Å²) in [6, 6.07) is 13.9. The summed E-state index contributed by atoms with van der Waals surface area (Å²) in [7, 11) is -4.51. The highest BCUT2D eigenvalue weighted by Crippen LogP contribution is 2.50. The van der Waals surface area contributed by atoms with Gasteiger partial charge >= 0.3 is 25.7 Å². The molecule has 49 heavy (non-hydrogen) atoms. The quantitative estimate of drug-likeness (QED) is 0.137. The van der Waals surface area contributed by atoms with Gasteiger partial charge in [0.15, 0.2) is 12.2 Å². The normalized spacial score (nSPS) is 23.8. The Balaban J connectivity index is 1.55. The molecule has 3 heterocycles. The molecule has 1 aliphatic heterocycles. The van der Waals surface area contributed by atoms with Crippen molar-refractivity contribution in [3.8, 4) is 11.8 Å². The lowest BCUT2D eigenvalue weighted by Gasteiger charge is -2.31. The molecule has 16 heteroatoms. The number of nitrogens with one attached hydrogen (secondary N) is 1. The van der Waals surface area contributed by atoms with Gasteiger partial charge in [-0.25, -0.2) is 9.08 Å². The van der Waals surface area contributed by atoms with Crippen LogP contribution >= 0.6 is 7.75 Å². The highest BCUT2D eigenvalue weighted by atomic mass is 31.2. The summed E-state index contributed by atoms with van der Waals surface area (Å²) in [6.07, 6.45) is -1.52. The number of para-hydroxylation sites is 1. The van der Waals surface area contributed by atoms with E-state index in [9.17, 15) is 24.2 Å². The molecule has 3 aromatic rings. The van der Waals surface area contributed by atoms with Gasteiger partial charge in [-0.1, -0.05) is 45.9 Å². The number of nitrogens with zero attached hydrogens (tertiary/aromatic N) is 3.